The summed E-state index contributed by atoms with van der Waals surface area (Å²) in [6.45, 7) is 10.3. The van der Waals surface area contributed by atoms with Crippen LogP contribution in [-0.4, -0.2) is 47.8 Å². The number of hydrogen-bond donors (Lipinski definition) is 0. The topological polar surface area (TPSA) is 40.6 Å². The molecular weight excluding hydrogens is 216 g/mol. The quantitative estimate of drug-likeness (QED) is 0.695. The molecule has 2 amide bonds. The number of amides is 2. The molecule has 0 aromatic rings. The Labute approximate surface area is 103 Å². The van der Waals surface area contributed by atoms with Crippen LogP contribution in [0.25, 0.3) is 0 Å². The third kappa shape index (κ3) is 4.21. The Morgan fingerprint density at radius 1 is 1.18 bits per heavy atom. The molecular formula is C13H22N2O2. The van der Waals surface area contributed by atoms with E-state index in [0.29, 0.717) is 25.4 Å². The van der Waals surface area contributed by atoms with Crippen molar-refractivity contribution in [3.8, 4) is 0 Å². The van der Waals surface area contributed by atoms with E-state index in [0.717, 1.165) is 19.5 Å². The molecule has 0 spiro atoms. The van der Waals surface area contributed by atoms with Crippen LogP contribution in [-0.2, 0) is 9.59 Å². The number of hydrogen-bond acceptors (Lipinski definition) is 2. The van der Waals surface area contributed by atoms with Crippen molar-refractivity contribution < 1.29 is 9.59 Å². The van der Waals surface area contributed by atoms with E-state index in [9.17, 15) is 9.59 Å². The molecule has 0 aliphatic carbocycles. The minimum Gasteiger partial charge on any atom is -0.341 e. The molecule has 0 unspecified atom stereocenters. The number of carbonyl (C=O) groups is 2. The van der Waals surface area contributed by atoms with Crippen LogP contribution in [0.1, 0.15) is 26.7 Å². The maximum absolute atomic E-state index is 11.9. The second kappa shape index (κ2) is 6.42. The summed E-state index contributed by atoms with van der Waals surface area (Å²) < 4.78 is 0. The largest absolute Gasteiger partial charge is 0.341 e. The zero-order valence-corrected chi connectivity index (χ0v) is 10.8. The van der Waals surface area contributed by atoms with Crippen LogP contribution in [0.2, 0.25) is 0 Å². The first-order valence-electron chi connectivity index (χ1n) is 6.23. The van der Waals surface area contributed by atoms with E-state index in [-0.39, 0.29) is 11.8 Å². The molecule has 0 N–H and O–H groups in total. The zero-order chi connectivity index (χ0) is 12.8. The molecule has 96 valence electrons. The summed E-state index contributed by atoms with van der Waals surface area (Å²) in [5.41, 5.74) is 0. The highest BCUT2D eigenvalue weighted by Gasteiger charge is 2.20. The summed E-state index contributed by atoms with van der Waals surface area (Å²) in [5.74, 6) is 0.549. The smallest absolute Gasteiger partial charge is 0.246 e. The molecule has 4 nitrogen and oxygen atoms in total. The van der Waals surface area contributed by atoms with E-state index in [4.69, 9.17) is 0 Å². The molecule has 1 fully saturated rings. The van der Waals surface area contributed by atoms with Crippen molar-refractivity contribution in [2.45, 2.75) is 26.7 Å². The lowest BCUT2D eigenvalue weighted by Gasteiger charge is -2.22. The van der Waals surface area contributed by atoms with Gasteiger partial charge in [-0.15, -0.1) is 0 Å². The molecule has 1 rings (SSSR count). The highest BCUT2D eigenvalue weighted by molar-refractivity contribution is 5.87. The van der Waals surface area contributed by atoms with E-state index >= 15 is 0 Å². The highest BCUT2D eigenvalue weighted by atomic mass is 16.2. The van der Waals surface area contributed by atoms with Crippen LogP contribution in [0.5, 0.6) is 0 Å². The van der Waals surface area contributed by atoms with Crippen LogP contribution < -0.4 is 0 Å². The minimum absolute atomic E-state index is 0.0387. The normalized spacial score (nSPS) is 16.9. The molecule has 0 saturated carbocycles. The Kier molecular flexibility index (Phi) is 5.19. The number of nitrogens with zero attached hydrogens (tertiary/aromatic N) is 2. The van der Waals surface area contributed by atoms with Gasteiger partial charge in [-0.3, -0.25) is 9.59 Å². The van der Waals surface area contributed by atoms with E-state index in [1.807, 2.05) is 18.7 Å². The molecule has 0 radical (unpaired) electrons. The average Bonchev–Trinajstić information content (AvgIpc) is 2.52. The molecule has 4 heteroatoms. The van der Waals surface area contributed by atoms with Gasteiger partial charge < -0.3 is 9.80 Å². The lowest BCUT2D eigenvalue weighted by Crippen LogP contribution is -2.37. The van der Waals surface area contributed by atoms with Crippen LogP contribution in [0.15, 0.2) is 12.7 Å². The predicted molar refractivity (Wildman–Crippen MR) is 67.4 cm³/mol. The summed E-state index contributed by atoms with van der Waals surface area (Å²) in [4.78, 5) is 27.0. The molecule has 1 aliphatic rings. The van der Waals surface area contributed by atoms with Crippen LogP contribution in [0.4, 0.5) is 0 Å². The molecule has 0 aromatic heterocycles. The lowest BCUT2D eigenvalue weighted by molar-refractivity contribution is -0.132. The number of rotatable bonds is 3. The minimum atomic E-state index is -0.0387. The lowest BCUT2D eigenvalue weighted by atomic mass is 10.1. The third-order valence-electron chi connectivity index (χ3n) is 2.92. The standard InChI is InChI=1S/C13H22N2O2/c1-4-12(16)14-6-5-7-15(9-8-14)13(17)10-11(2)3/h4,11H,1,5-10H2,2-3H3. The fraction of sp³-hybridized carbons (Fsp3) is 0.692. The maximum atomic E-state index is 11.9. The molecule has 0 aromatic carbocycles. The molecule has 0 atom stereocenters. The molecule has 0 bridgehead atoms. The van der Waals surface area contributed by atoms with Gasteiger partial charge in [0.05, 0.1) is 0 Å². The SMILES string of the molecule is C=CC(=O)N1CCCN(C(=O)CC(C)C)CC1. The van der Waals surface area contributed by atoms with Gasteiger partial charge in [-0.25, -0.2) is 0 Å². The van der Waals surface area contributed by atoms with Crippen molar-refractivity contribution in [1.82, 2.24) is 9.80 Å². The fourth-order valence-corrected chi connectivity index (χ4v) is 1.99. The van der Waals surface area contributed by atoms with Crippen molar-refractivity contribution in [2.24, 2.45) is 5.92 Å². The second-order valence-electron chi connectivity index (χ2n) is 4.86. The van der Waals surface area contributed by atoms with Crippen LogP contribution in [0, 0.1) is 5.92 Å². The average molecular weight is 238 g/mol. The van der Waals surface area contributed by atoms with E-state index < -0.39 is 0 Å². The van der Waals surface area contributed by atoms with E-state index in [1.54, 1.807) is 4.90 Å². The predicted octanol–water partition coefficient (Wildman–Crippen LogP) is 1.28. The van der Waals surface area contributed by atoms with Crippen LogP contribution >= 0.6 is 0 Å². The van der Waals surface area contributed by atoms with Gasteiger partial charge in [0, 0.05) is 32.6 Å². The van der Waals surface area contributed by atoms with Crippen molar-refractivity contribution in [2.75, 3.05) is 26.2 Å². The van der Waals surface area contributed by atoms with Gasteiger partial charge in [-0.2, -0.15) is 0 Å². The van der Waals surface area contributed by atoms with Crippen molar-refractivity contribution in [1.29, 1.82) is 0 Å². The summed E-state index contributed by atoms with van der Waals surface area (Å²) in [5, 5.41) is 0. The van der Waals surface area contributed by atoms with E-state index in [1.165, 1.54) is 6.08 Å². The summed E-state index contributed by atoms with van der Waals surface area (Å²) in [6, 6.07) is 0. The molecule has 1 aliphatic heterocycles. The van der Waals surface area contributed by atoms with Gasteiger partial charge in [-0.1, -0.05) is 20.4 Å². The Balaban J connectivity index is 2.50. The van der Waals surface area contributed by atoms with Gasteiger partial charge in [0.2, 0.25) is 11.8 Å². The Morgan fingerprint density at radius 3 is 2.35 bits per heavy atom. The van der Waals surface area contributed by atoms with E-state index in [2.05, 4.69) is 6.58 Å². The summed E-state index contributed by atoms with van der Waals surface area (Å²) in [7, 11) is 0. The summed E-state index contributed by atoms with van der Waals surface area (Å²) >= 11 is 0. The Morgan fingerprint density at radius 2 is 1.76 bits per heavy atom. The van der Waals surface area contributed by atoms with Gasteiger partial charge in [0.1, 0.15) is 0 Å². The maximum Gasteiger partial charge on any atom is 0.246 e. The van der Waals surface area contributed by atoms with Crippen molar-refractivity contribution in [3.05, 3.63) is 12.7 Å². The zero-order valence-electron chi connectivity index (χ0n) is 10.8. The summed E-state index contributed by atoms with van der Waals surface area (Å²) in [6.07, 6.45) is 2.78. The molecule has 17 heavy (non-hydrogen) atoms. The Bertz CT molecular complexity index is 300. The van der Waals surface area contributed by atoms with Gasteiger partial charge in [0.15, 0.2) is 0 Å². The molecule has 1 saturated heterocycles. The van der Waals surface area contributed by atoms with Crippen molar-refractivity contribution >= 4 is 11.8 Å². The fourth-order valence-electron chi connectivity index (χ4n) is 1.99. The first-order valence-corrected chi connectivity index (χ1v) is 6.23. The molecule has 1 heterocycles. The first kappa shape index (κ1) is 13.7. The van der Waals surface area contributed by atoms with Crippen molar-refractivity contribution in [3.63, 3.8) is 0 Å². The highest BCUT2D eigenvalue weighted by Crippen LogP contribution is 2.09. The number of carbonyl (C=O) groups excluding carboxylic acids is 2. The second-order valence-corrected chi connectivity index (χ2v) is 4.86. The Hall–Kier alpha value is -1.32. The first-order chi connectivity index (χ1) is 8.04. The van der Waals surface area contributed by atoms with Gasteiger partial charge >= 0.3 is 0 Å². The van der Waals surface area contributed by atoms with Gasteiger partial charge in [0.25, 0.3) is 0 Å². The van der Waals surface area contributed by atoms with Crippen LogP contribution in [0.3, 0.4) is 0 Å². The monoisotopic (exact) mass is 238 g/mol. The third-order valence-corrected chi connectivity index (χ3v) is 2.92. The van der Waals surface area contributed by atoms with Gasteiger partial charge in [-0.05, 0) is 18.4 Å².